The van der Waals surface area contributed by atoms with Crippen LogP contribution in [-0.2, 0) is 0 Å². The van der Waals surface area contributed by atoms with Gasteiger partial charge < -0.3 is 0 Å². The molecule has 0 amide bonds. The van der Waals surface area contributed by atoms with Gasteiger partial charge in [0.25, 0.3) is 0 Å². The van der Waals surface area contributed by atoms with Crippen LogP contribution in [0.25, 0.3) is 0 Å². The molecule has 0 N–H and O–H groups in total. The molecule has 0 radical (unpaired) electrons. The molecule has 0 rings (SSSR count). The standard InChI is InChI=1S/C9H20.C4H10.C3H8/c1-3-5-7-9-8-6-4-2;1-3-4-2;1-3-2/h3-9H2,1-2H3;3-4H2,1-2H3;3H2,1-2H3. The molecule has 16 heavy (non-hydrogen) atoms. The second-order valence-electron chi connectivity index (χ2n) is 4.47. The predicted octanol–water partition coefficient (Wildman–Crippen LogP) is 6.98. The highest BCUT2D eigenvalue weighted by Crippen LogP contribution is 2.05. The molecule has 0 atom stereocenters. The zero-order valence-electron chi connectivity index (χ0n) is 13.1. The Morgan fingerprint density at radius 3 is 0.812 bits per heavy atom. The van der Waals surface area contributed by atoms with Gasteiger partial charge in [-0.3, -0.25) is 0 Å². The molecule has 0 unspecified atom stereocenters. The Morgan fingerprint density at radius 2 is 0.625 bits per heavy atom. The lowest BCUT2D eigenvalue weighted by atomic mass is 10.1. The number of hydrogen-bond acceptors (Lipinski definition) is 0. The number of unbranched alkanes of at least 4 members (excludes halogenated alkanes) is 7. The summed E-state index contributed by atoms with van der Waals surface area (Å²) in [6, 6.07) is 0. The van der Waals surface area contributed by atoms with Crippen molar-refractivity contribution in [3.8, 4) is 0 Å². The zero-order valence-corrected chi connectivity index (χ0v) is 13.1. The van der Waals surface area contributed by atoms with E-state index < -0.39 is 0 Å². The van der Waals surface area contributed by atoms with Crippen LogP contribution in [0.1, 0.15) is 106 Å². The summed E-state index contributed by atoms with van der Waals surface area (Å²) in [5.41, 5.74) is 0. The van der Waals surface area contributed by atoms with Crippen molar-refractivity contribution in [1.82, 2.24) is 0 Å². The van der Waals surface area contributed by atoms with Gasteiger partial charge in [-0.15, -0.1) is 0 Å². The van der Waals surface area contributed by atoms with Gasteiger partial charge in [0.05, 0.1) is 0 Å². The summed E-state index contributed by atoms with van der Waals surface area (Å²) in [5, 5.41) is 0. The Kier molecular flexibility index (Phi) is 39.1. The first-order valence-electron chi connectivity index (χ1n) is 7.74. The van der Waals surface area contributed by atoms with Gasteiger partial charge in [-0.2, -0.15) is 0 Å². The van der Waals surface area contributed by atoms with Crippen LogP contribution >= 0.6 is 0 Å². The first-order chi connectivity index (χ1) is 7.74. The van der Waals surface area contributed by atoms with Crippen molar-refractivity contribution in [3.63, 3.8) is 0 Å². The van der Waals surface area contributed by atoms with E-state index in [1.54, 1.807) is 0 Å². The SMILES string of the molecule is CCC.CCCC.CCCCCCCCC. The van der Waals surface area contributed by atoms with E-state index in [1.165, 1.54) is 64.2 Å². The smallest absolute Gasteiger partial charge is 0.0533 e. The van der Waals surface area contributed by atoms with E-state index in [0.29, 0.717) is 0 Å². The van der Waals surface area contributed by atoms with Gasteiger partial charge >= 0.3 is 0 Å². The molecule has 0 spiro atoms. The van der Waals surface area contributed by atoms with Crippen molar-refractivity contribution < 1.29 is 0 Å². The van der Waals surface area contributed by atoms with Gasteiger partial charge in [0.1, 0.15) is 0 Å². The molecular formula is C16H38. The molecule has 0 aliphatic heterocycles. The third-order valence-electron chi connectivity index (χ3n) is 2.21. The molecule has 0 aromatic heterocycles. The number of rotatable bonds is 7. The third-order valence-corrected chi connectivity index (χ3v) is 2.21. The molecule has 0 bridgehead atoms. The third kappa shape index (κ3) is 48.3. The lowest BCUT2D eigenvalue weighted by molar-refractivity contribution is 0.602. The summed E-state index contributed by atoms with van der Waals surface area (Å²) < 4.78 is 0. The van der Waals surface area contributed by atoms with Crippen LogP contribution in [0.2, 0.25) is 0 Å². The van der Waals surface area contributed by atoms with Crippen LogP contribution in [0, 0.1) is 0 Å². The van der Waals surface area contributed by atoms with Gasteiger partial charge in [-0.05, 0) is 0 Å². The first kappa shape index (κ1) is 21.3. The Balaban J connectivity index is -0.000000201. The Morgan fingerprint density at radius 1 is 0.375 bits per heavy atom. The second-order valence-corrected chi connectivity index (χ2v) is 4.47. The highest BCUT2D eigenvalue weighted by molar-refractivity contribution is 4.41. The fourth-order valence-corrected chi connectivity index (χ4v) is 1.03. The van der Waals surface area contributed by atoms with E-state index in [1.807, 2.05) is 0 Å². The molecular weight excluding hydrogens is 192 g/mol. The molecule has 0 saturated carbocycles. The van der Waals surface area contributed by atoms with Gasteiger partial charge in [-0.25, -0.2) is 0 Å². The molecule has 0 saturated heterocycles. The summed E-state index contributed by atoms with van der Waals surface area (Å²) in [6.45, 7) is 13.1. The molecule has 0 aliphatic rings. The summed E-state index contributed by atoms with van der Waals surface area (Å²) in [4.78, 5) is 0. The molecule has 0 heterocycles. The van der Waals surface area contributed by atoms with Crippen LogP contribution in [0.15, 0.2) is 0 Å². The van der Waals surface area contributed by atoms with Crippen molar-refractivity contribution >= 4 is 0 Å². The largest absolute Gasteiger partial charge is 0.0656 e. The van der Waals surface area contributed by atoms with Gasteiger partial charge in [0, 0.05) is 0 Å². The second kappa shape index (κ2) is 29.4. The van der Waals surface area contributed by atoms with E-state index in [-0.39, 0.29) is 0 Å². The maximum Gasteiger partial charge on any atom is -0.0533 e. The van der Waals surface area contributed by atoms with Crippen LogP contribution in [-0.4, -0.2) is 0 Å². The monoisotopic (exact) mass is 230 g/mol. The normalized spacial score (nSPS) is 8.62. The average Bonchev–Trinajstić information content (AvgIpc) is 2.30. The van der Waals surface area contributed by atoms with E-state index in [2.05, 4.69) is 41.5 Å². The first-order valence-corrected chi connectivity index (χ1v) is 7.74. The van der Waals surface area contributed by atoms with Crippen molar-refractivity contribution in [1.29, 1.82) is 0 Å². The fraction of sp³-hybridized carbons (Fsp3) is 1.00. The zero-order chi connectivity index (χ0) is 13.1. The van der Waals surface area contributed by atoms with E-state index >= 15 is 0 Å². The van der Waals surface area contributed by atoms with Crippen LogP contribution in [0.4, 0.5) is 0 Å². The van der Waals surface area contributed by atoms with E-state index in [0.717, 1.165) is 0 Å². The molecule has 0 aromatic rings. The van der Waals surface area contributed by atoms with Crippen LogP contribution < -0.4 is 0 Å². The Hall–Kier alpha value is 0. The molecule has 0 aliphatic carbocycles. The summed E-state index contributed by atoms with van der Waals surface area (Å²) in [6.07, 6.45) is 13.9. The molecule has 0 aromatic carbocycles. The minimum atomic E-state index is 1.25. The highest BCUT2D eigenvalue weighted by Gasteiger charge is 1.85. The summed E-state index contributed by atoms with van der Waals surface area (Å²) >= 11 is 0. The summed E-state index contributed by atoms with van der Waals surface area (Å²) in [7, 11) is 0. The highest BCUT2D eigenvalue weighted by atomic mass is 13.9. The van der Waals surface area contributed by atoms with Gasteiger partial charge in [0.2, 0.25) is 0 Å². The average molecular weight is 230 g/mol. The van der Waals surface area contributed by atoms with E-state index in [9.17, 15) is 0 Å². The molecule has 102 valence electrons. The van der Waals surface area contributed by atoms with Crippen molar-refractivity contribution in [2.45, 2.75) is 106 Å². The maximum atomic E-state index is 2.26. The fourth-order valence-electron chi connectivity index (χ4n) is 1.03. The maximum absolute atomic E-state index is 2.26. The molecule has 0 heteroatoms. The molecule has 0 nitrogen and oxygen atoms in total. The molecule has 0 fully saturated rings. The van der Waals surface area contributed by atoms with E-state index in [4.69, 9.17) is 0 Å². The van der Waals surface area contributed by atoms with Crippen LogP contribution in [0.5, 0.6) is 0 Å². The van der Waals surface area contributed by atoms with Gasteiger partial charge in [0.15, 0.2) is 0 Å². The number of hydrogen-bond donors (Lipinski definition) is 0. The minimum absolute atomic E-state index is 1.25. The topological polar surface area (TPSA) is 0 Å². The van der Waals surface area contributed by atoms with Crippen molar-refractivity contribution in [3.05, 3.63) is 0 Å². The van der Waals surface area contributed by atoms with Crippen molar-refractivity contribution in [2.75, 3.05) is 0 Å². The minimum Gasteiger partial charge on any atom is -0.0656 e. The quantitative estimate of drug-likeness (QED) is 0.414. The van der Waals surface area contributed by atoms with Crippen LogP contribution in [0.3, 0.4) is 0 Å². The summed E-state index contributed by atoms with van der Waals surface area (Å²) in [5.74, 6) is 0. The lowest BCUT2D eigenvalue weighted by Crippen LogP contribution is -1.76. The predicted molar refractivity (Wildman–Crippen MR) is 80.2 cm³/mol. The Labute approximate surface area is 106 Å². The lowest BCUT2D eigenvalue weighted by Gasteiger charge is -1.96. The van der Waals surface area contributed by atoms with Crippen molar-refractivity contribution in [2.24, 2.45) is 0 Å². The van der Waals surface area contributed by atoms with Gasteiger partial charge in [-0.1, -0.05) is 106 Å². The Bertz CT molecular complexity index is 58.4.